The van der Waals surface area contributed by atoms with Crippen molar-refractivity contribution in [3.63, 3.8) is 0 Å². The van der Waals surface area contributed by atoms with Crippen LogP contribution in [0.15, 0.2) is 4.99 Å². The van der Waals surface area contributed by atoms with Crippen molar-refractivity contribution in [2.75, 3.05) is 13.7 Å². The summed E-state index contributed by atoms with van der Waals surface area (Å²) in [6.07, 6.45) is 1.65. The average molecular weight is 102 g/mol. The third-order valence-electron chi connectivity index (χ3n) is 0.469. The van der Waals surface area contributed by atoms with Gasteiger partial charge in [-0.2, -0.15) is 5.06 Å². The quantitative estimate of drug-likeness (QED) is 0.403. The standard InChI is InChI=1S/C4H10N2O/c1-3-5-4-6(2)7/h3,7H,4H2,1-2H3. The van der Waals surface area contributed by atoms with Gasteiger partial charge in [0.15, 0.2) is 0 Å². The van der Waals surface area contributed by atoms with Crippen LogP contribution in [-0.2, 0) is 0 Å². The molecule has 0 amide bonds. The minimum absolute atomic E-state index is 0.358. The van der Waals surface area contributed by atoms with E-state index in [1.54, 1.807) is 13.3 Å². The molecule has 3 heteroatoms. The number of rotatable bonds is 2. The lowest BCUT2D eigenvalue weighted by atomic mass is 10.9. The molecule has 0 saturated heterocycles. The molecule has 1 N–H and O–H groups in total. The highest BCUT2D eigenvalue weighted by Gasteiger charge is 1.79. The molecule has 0 fully saturated rings. The maximum absolute atomic E-state index is 8.40. The van der Waals surface area contributed by atoms with Crippen LogP contribution in [0.25, 0.3) is 0 Å². The fourth-order valence-corrected chi connectivity index (χ4v) is 0.200. The summed E-state index contributed by atoms with van der Waals surface area (Å²) >= 11 is 0. The van der Waals surface area contributed by atoms with Gasteiger partial charge in [0.1, 0.15) is 6.67 Å². The Kier molecular flexibility index (Phi) is 3.55. The van der Waals surface area contributed by atoms with Gasteiger partial charge in [-0.05, 0) is 13.1 Å². The molecule has 0 radical (unpaired) electrons. The molecule has 0 aliphatic rings. The normalized spacial score (nSPS) is 11.4. The number of hydroxylamine groups is 2. The van der Waals surface area contributed by atoms with E-state index < -0.39 is 0 Å². The summed E-state index contributed by atoms with van der Waals surface area (Å²) in [5.41, 5.74) is 0. The molecular weight excluding hydrogens is 92.1 g/mol. The fourth-order valence-electron chi connectivity index (χ4n) is 0.200. The molecule has 0 aromatic carbocycles. The highest BCUT2D eigenvalue weighted by molar-refractivity contribution is 5.52. The van der Waals surface area contributed by atoms with Gasteiger partial charge in [-0.25, -0.2) is 0 Å². The number of hydrogen-bond donors (Lipinski definition) is 1. The second kappa shape index (κ2) is 3.77. The predicted molar refractivity (Wildman–Crippen MR) is 28.6 cm³/mol. The predicted octanol–water partition coefficient (Wildman–Crippen LogP) is 0.356. The van der Waals surface area contributed by atoms with E-state index in [1.807, 2.05) is 6.92 Å². The number of hydrogen-bond acceptors (Lipinski definition) is 3. The molecule has 0 rings (SSSR count). The van der Waals surface area contributed by atoms with Gasteiger partial charge in [-0.15, -0.1) is 0 Å². The molecule has 0 aromatic rings. The number of nitrogens with zero attached hydrogens (tertiary/aromatic N) is 2. The monoisotopic (exact) mass is 102 g/mol. The maximum atomic E-state index is 8.40. The third kappa shape index (κ3) is 5.59. The first kappa shape index (κ1) is 6.59. The van der Waals surface area contributed by atoms with E-state index >= 15 is 0 Å². The smallest absolute Gasteiger partial charge is 0.113 e. The van der Waals surface area contributed by atoms with Crippen molar-refractivity contribution in [3.8, 4) is 0 Å². The lowest BCUT2D eigenvalue weighted by Crippen LogP contribution is -2.11. The van der Waals surface area contributed by atoms with Gasteiger partial charge in [0, 0.05) is 7.05 Å². The Morgan fingerprint density at radius 1 is 1.86 bits per heavy atom. The van der Waals surface area contributed by atoms with Crippen LogP contribution in [0.2, 0.25) is 0 Å². The number of aliphatic imine (C=N–C) groups is 1. The summed E-state index contributed by atoms with van der Waals surface area (Å²) in [5.74, 6) is 0. The lowest BCUT2D eigenvalue weighted by molar-refractivity contribution is -0.0615. The Morgan fingerprint density at radius 2 is 2.43 bits per heavy atom. The van der Waals surface area contributed by atoms with E-state index in [-0.39, 0.29) is 0 Å². The molecule has 0 aliphatic heterocycles. The van der Waals surface area contributed by atoms with Gasteiger partial charge < -0.3 is 5.21 Å². The van der Waals surface area contributed by atoms with Crippen molar-refractivity contribution in [2.45, 2.75) is 6.92 Å². The molecule has 7 heavy (non-hydrogen) atoms. The maximum Gasteiger partial charge on any atom is 0.113 e. The van der Waals surface area contributed by atoms with Crippen molar-refractivity contribution in [3.05, 3.63) is 0 Å². The highest BCUT2D eigenvalue weighted by atomic mass is 16.5. The van der Waals surface area contributed by atoms with Gasteiger partial charge in [-0.3, -0.25) is 4.99 Å². The lowest BCUT2D eigenvalue weighted by Gasteiger charge is -1.99. The Morgan fingerprint density at radius 3 is 2.57 bits per heavy atom. The topological polar surface area (TPSA) is 35.8 Å². The van der Waals surface area contributed by atoms with Crippen molar-refractivity contribution in [1.82, 2.24) is 5.06 Å². The zero-order chi connectivity index (χ0) is 5.70. The van der Waals surface area contributed by atoms with E-state index in [4.69, 9.17) is 5.21 Å². The van der Waals surface area contributed by atoms with E-state index in [0.29, 0.717) is 6.67 Å². The van der Waals surface area contributed by atoms with E-state index in [1.165, 1.54) is 0 Å². The highest BCUT2D eigenvalue weighted by Crippen LogP contribution is 1.70. The van der Waals surface area contributed by atoms with Crippen molar-refractivity contribution >= 4 is 6.21 Å². The Bertz CT molecular complexity index is 60.7. The van der Waals surface area contributed by atoms with Gasteiger partial charge in [0.05, 0.1) is 0 Å². The Labute approximate surface area is 43.2 Å². The second-order valence-corrected chi connectivity index (χ2v) is 1.24. The second-order valence-electron chi connectivity index (χ2n) is 1.24. The van der Waals surface area contributed by atoms with Gasteiger partial charge >= 0.3 is 0 Å². The summed E-state index contributed by atoms with van der Waals surface area (Å²) in [6, 6.07) is 0. The first-order valence-corrected chi connectivity index (χ1v) is 2.12. The third-order valence-corrected chi connectivity index (χ3v) is 0.469. The van der Waals surface area contributed by atoms with Crippen molar-refractivity contribution in [1.29, 1.82) is 0 Å². The molecule has 0 saturated carbocycles. The minimum Gasteiger partial charge on any atom is -0.312 e. The first-order chi connectivity index (χ1) is 3.27. The summed E-state index contributed by atoms with van der Waals surface area (Å²) in [5, 5.41) is 9.42. The van der Waals surface area contributed by atoms with Crippen LogP contribution in [0.5, 0.6) is 0 Å². The first-order valence-electron chi connectivity index (χ1n) is 2.12. The molecule has 0 atom stereocenters. The summed E-state index contributed by atoms with van der Waals surface area (Å²) < 4.78 is 0. The Hall–Kier alpha value is -0.410. The molecular formula is C4H10N2O. The fraction of sp³-hybridized carbons (Fsp3) is 0.750. The van der Waals surface area contributed by atoms with Gasteiger partial charge in [0.25, 0.3) is 0 Å². The van der Waals surface area contributed by atoms with Crippen LogP contribution in [0.4, 0.5) is 0 Å². The molecule has 0 aliphatic carbocycles. The van der Waals surface area contributed by atoms with Crippen LogP contribution in [0.1, 0.15) is 6.92 Å². The summed E-state index contributed by atoms with van der Waals surface area (Å²) in [7, 11) is 1.55. The van der Waals surface area contributed by atoms with E-state index in [0.717, 1.165) is 5.06 Å². The largest absolute Gasteiger partial charge is 0.312 e. The molecule has 0 unspecified atom stereocenters. The average Bonchev–Trinajstić information content (AvgIpc) is 1.61. The van der Waals surface area contributed by atoms with Crippen LogP contribution in [0.3, 0.4) is 0 Å². The molecule has 0 spiro atoms. The molecule has 3 nitrogen and oxygen atoms in total. The van der Waals surface area contributed by atoms with Gasteiger partial charge in [-0.1, -0.05) is 0 Å². The van der Waals surface area contributed by atoms with Crippen LogP contribution in [-0.4, -0.2) is 30.2 Å². The van der Waals surface area contributed by atoms with Crippen molar-refractivity contribution < 1.29 is 5.21 Å². The molecule has 0 bridgehead atoms. The molecule has 0 heterocycles. The van der Waals surface area contributed by atoms with Gasteiger partial charge in [0.2, 0.25) is 0 Å². The van der Waals surface area contributed by atoms with E-state index in [9.17, 15) is 0 Å². The molecule has 0 aromatic heterocycles. The van der Waals surface area contributed by atoms with Crippen LogP contribution in [0, 0.1) is 0 Å². The Balaban J connectivity index is 2.97. The zero-order valence-electron chi connectivity index (χ0n) is 4.63. The summed E-state index contributed by atoms with van der Waals surface area (Å²) in [6.45, 7) is 2.17. The van der Waals surface area contributed by atoms with E-state index in [2.05, 4.69) is 4.99 Å². The van der Waals surface area contributed by atoms with Crippen LogP contribution >= 0.6 is 0 Å². The van der Waals surface area contributed by atoms with Crippen molar-refractivity contribution in [2.24, 2.45) is 4.99 Å². The zero-order valence-corrected chi connectivity index (χ0v) is 4.63. The summed E-state index contributed by atoms with van der Waals surface area (Å²) in [4.78, 5) is 3.72. The van der Waals surface area contributed by atoms with Crippen LogP contribution < -0.4 is 0 Å². The minimum atomic E-state index is 0.358. The SMILES string of the molecule is CC=NCN(C)O. The molecule has 42 valence electrons.